The van der Waals surface area contributed by atoms with Gasteiger partial charge in [0.25, 0.3) is 0 Å². The van der Waals surface area contributed by atoms with Gasteiger partial charge in [0.2, 0.25) is 5.91 Å². The number of amides is 2. The van der Waals surface area contributed by atoms with Crippen molar-refractivity contribution in [1.29, 1.82) is 0 Å². The van der Waals surface area contributed by atoms with Crippen molar-refractivity contribution in [2.75, 3.05) is 30.6 Å². The van der Waals surface area contributed by atoms with Crippen LogP contribution in [-0.4, -0.2) is 40.4 Å². The molecule has 0 saturated heterocycles. The standard InChI is InChI=1S/C18H20N2O6S/c1-25-15-7-9-16(10-8-15)27(23,24)12-11-17(21)19-13-3-5-14(6-4-13)20-18(22)26-2/h3-10H,11-12H2,1-2H3,(H,19,21)(H,20,22). The lowest BCUT2D eigenvalue weighted by atomic mass is 10.2. The van der Waals surface area contributed by atoms with E-state index in [9.17, 15) is 18.0 Å². The Bertz CT molecular complexity index is 892. The zero-order valence-electron chi connectivity index (χ0n) is 14.9. The Kier molecular flexibility index (Phi) is 6.78. The number of benzene rings is 2. The van der Waals surface area contributed by atoms with E-state index in [1.54, 1.807) is 36.4 Å². The van der Waals surface area contributed by atoms with Crippen molar-refractivity contribution in [3.8, 4) is 5.75 Å². The van der Waals surface area contributed by atoms with Gasteiger partial charge in [0.1, 0.15) is 5.75 Å². The van der Waals surface area contributed by atoms with E-state index in [4.69, 9.17) is 4.74 Å². The number of methoxy groups -OCH3 is 2. The number of sulfone groups is 1. The molecule has 2 amide bonds. The number of ether oxygens (including phenoxy) is 2. The van der Waals surface area contributed by atoms with Gasteiger partial charge in [0.05, 0.1) is 24.9 Å². The molecule has 0 saturated carbocycles. The molecule has 0 aliphatic carbocycles. The summed E-state index contributed by atoms with van der Waals surface area (Å²) in [4.78, 5) is 23.3. The minimum atomic E-state index is -3.57. The monoisotopic (exact) mass is 392 g/mol. The van der Waals surface area contributed by atoms with Gasteiger partial charge < -0.3 is 14.8 Å². The van der Waals surface area contributed by atoms with E-state index in [2.05, 4.69) is 15.4 Å². The molecule has 27 heavy (non-hydrogen) atoms. The summed E-state index contributed by atoms with van der Waals surface area (Å²) in [5.74, 6) is -0.190. The molecular formula is C18H20N2O6S. The summed E-state index contributed by atoms with van der Waals surface area (Å²) in [7, 11) is -0.828. The van der Waals surface area contributed by atoms with Crippen LogP contribution in [0.15, 0.2) is 53.4 Å². The highest BCUT2D eigenvalue weighted by molar-refractivity contribution is 7.91. The first-order valence-electron chi connectivity index (χ1n) is 7.96. The molecular weight excluding hydrogens is 372 g/mol. The molecule has 2 aromatic rings. The third-order valence-corrected chi connectivity index (χ3v) is 5.35. The van der Waals surface area contributed by atoms with E-state index in [1.165, 1.54) is 26.4 Å². The van der Waals surface area contributed by atoms with Crippen LogP contribution in [0.5, 0.6) is 5.75 Å². The van der Waals surface area contributed by atoms with Crippen molar-refractivity contribution in [2.24, 2.45) is 0 Å². The average molecular weight is 392 g/mol. The minimum absolute atomic E-state index is 0.134. The Labute approximate surface area is 157 Å². The normalized spacial score (nSPS) is 10.7. The van der Waals surface area contributed by atoms with Crippen LogP contribution in [0.25, 0.3) is 0 Å². The fourth-order valence-electron chi connectivity index (χ4n) is 2.16. The Hall–Kier alpha value is -3.07. The smallest absolute Gasteiger partial charge is 0.411 e. The molecule has 0 radical (unpaired) electrons. The van der Waals surface area contributed by atoms with E-state index < -0.39 is 21.8 Å². The first-order valence-corrected chi connectivity index (χ1v) is 9.61. The molecule has 0 aliphatic heterocycles. The van der Waals surface area contributed by atoms with Crippen LogP contribution in [0.4, 0.5) is 16.2 Å². The maximum atomic E-state index is 12.3. The second kappa shape index (κ2) is 9.04. The highest BCUT2D eigenvalue weighted by atomic mass is 32.2. The highest BCUT2D eigenvalue weighted by Crippen LogP contribution is 2.18. The van der Waals surface area contributed by atoms with Crippen molar-refractivity contribution in [3.63, 3.8) is 0 Å². The summed E-state index contributed by atoms with van der Waals surface area (Å²) in [6.45, 7) is 0. The van der Waals surface area contributed by atoms with Crippen LogP contribution in [-0.2, 0) is 19.4 Å². The quantitative estimate of drug-likeness (QED) is 0.749. The van der Waals surface area contributed by atoms with Crippen molar-refractivity contribution >= 4 is 33.2 Å². The summed E-state index contributed by atoms with van der Waals surface area (Å²) in [5.41, 5.74) is 0.985. The number of hydrogen-bond donors (Lipinski definition) is 2. The van der Waals surface area contributed by atoms with Crippen molar-refractivity contribution in [2.45, 2.75) is 11.3 Å². The van der Waals surface area contributed by atoms with E-state index >= 15 is 0 Å². The SMILES string of the molecule is COC(=O)Nc1ccc(NC(=O)CCS(=O)(=O)c2ccc(OC)cc2)cc1. The first kappa shape index (κ1) is 20.2. The Morgan fingerprint density at radius 2 is 1.44 bits per heavy atom. The number of carbonyl (C=O) groups excluding carboxylic acids is 2. The van der Waals surface area contributed by atoms with Crippen LogP contribution in [0.2, 0.25) is 0 Å². The van der Waals surface area contributed by atoms with E-state index in [-0.39, 0.29) is 17.1 Å². The Morgan fingerprint density at radius 3 is 1.96 bits per heavy atom. The summed E-state index contributed by atoms with van der Waals surface area (Å²) in [6.07, 6.45) is -0.785. The lowest BCUT2D eigenvalue weighted by Crippen LogP contribution is -2.17. The number of rotatable bonds is 7. The molecule has 0 fully saturated rings. The van der Waals surface area contributed by atoms with Gasteiger partial charge in [0.15, 0.2) is 9.84 Å². The van der Waals surface area contributed by atoms with Crippen LogP contribution in [0, 0.1) is 0 Å². The lowest BCUT2D eigenvalue weighted by molar-refractivity contribution is -0.115. The molecule has 8 nitrogen and oxygen atoms in total. The second-order valence-corrected chi connectivity index (χ2v) is 7.60. The molecule has 0 bridgehead atoms. The zero-order valence-corrected chi connectivity index (χ0v) is 15.7. The first-order chi connectivity index (χ1) is 12.8. The summed E-state index contributed by atoms with van der Waals surface area (Å²) >= 11 is 0. The van der Waals surface area contributed by atoms with Gasteiger partial charge in [-0.3, -0.25) is 10.1 Å². The summed E-state index contributed by atoms with van der Waals surface area (Å²) < 4.78 is 34.1. The van der Waals surface area contributed by atoms with E-state index in [0.717, 1.165) is 0 Å². The fourth-order valence-corrected chi connectivity index (χ4v) is 3.40. The molecule has 0 atom stereocenters. The lowest BCUT2D eigenvalue weighted by Gasteiger charge is -2.08. The highest BCUT2D eigenvalue weighted by Gasteiger charge is 2.16. The van der Waals surface area contributed by atoms with Crippen molar-refractivity contribution < 1.29 is 27.5 Å². The molecule has 144 valence electrons. The van der Waals surface area contributed by atoms with E-state index in [1.807, 2.05) is 0 Å². The molecule has 0 aliphatic rings. The number of nitrogens with one attached hydrogen (secondary N) is 2. The largest absolute Gasteiger partial charge is 0.497 e. The van der Waals surface area contributed by atoms with E-state index in [0.29, 0.717) is 17.1 Å². The second-order valence-electron chi connectivity index (χ2n) is 5.49. The van der Waals surface area contributed by atoms with Crippen LogP contribution in [0.1, 0.15) is 6.42 Å². The van der Waals surface area contributed by atoms with Gasteiger partial charge in [-0.15, -0.1) is 0 Å². The minimum Gasteiger partial charge on any atom is -0.497 e. The number of carbonyl (C=O) groups is 2. The Morgan fingerprint density at radius 1 is 0.889 bits per heavy atom. The molecule has 2 rings (SSSR count). The van der Waals surface area contributed by atoms with Gasteiger partial charge in [-0.2, -0.15) is 0 Å². The molecule has 0 aromatic heterocycles. The molecule has 0 heterocycles. The number of anilines is 2. The zero-order chi connectivity index (χ0) is 19.9. The van der Waals surface area contributed by atoms with Crippen LogP contribution >= 0.6 is 0 Å². The van der Waals surface area contributed by atoms with Crippen molar-refractivity contribution in [3.05, 3.63) is 48.5 Å². The predicted molar refractivity (Wildman–Crippen MR) is 101 cm³/mol. The van der Waals surface area contributed by atoms with Crippen molar-refractivity contribution in [1.82, 2.24) is 0 Å². The fraction of sp³-hybridized carbons (Fsp3) is 0.222. The number of hydrogen-bond acceptors (Lipinski definition) is 6. The van der Waals surface area contributed by atoms with Gasteiger partial charge in [0, 0.05) is 17.8 Å². The Balaban J connectivity index is 1.90. The van der Waals surface area contributed by atoms with Crippen LogP contribution < -0.4 is 15.4 Å². The molecule has 0 unspecified atom stereocenters. The van der Waals surface area contributed by atoms with Crippen LogP contribution in [0.3, 0.4) is 0 Å². The maximum Gasteiger partial charge on any atom is 0.411 e. The summed E-state index contributed by atoms with van der Waals surface area (Å²) in [5, 5.41) is 5.09. The molecule has 0 spiro atoms. The molecule has 2 aromatic carbocycles. The average Bonchev–Trinajstić information content (AvgIpc) is 2.68. The third-order valence-electron chi connectivity index (χ3n) is 3.62. The van der Waals surface area contributed by atoms with Gasteiger partial charge in [-0.1, -0.05) is 0 Å². The third kappa shape index (κ3) is 6.00. The molecule has 9 heteroatoms. The predicted octanol–water partition coefficient (Wildman–Crippen LogP) is 2.68. The molecule has 2 N–H and O–H groups in total. The van der Waals surface area contributed by atoms with Gasteiger partial charge in [-0.25, -0.2) is 13.2 Å². The van der Waals surface area contributed by atoms with Gasteiger partial charge in [-0.05, 0) is 48.5 Å². The topological polar surface area (TPSA) is 111 Å². The maximum absolute atomic E-state index is 12.3. The van der Waals surface area contributed by atoms with Gasteiger partial charge >= 0.3 is 6.09 Å². The summed E-state index contributed by atoms with van der Waals surface area (Å²) in [6, 6.07) is 12.3.